The Hall–Kier alpha value is -1.42. The Morgan fingerprint density at radius 1 is 1.29 bits per heavy atom. The lowest BCUT2D eigenvalue weighted by Crippen LogP contribution is -2.08. The van der Waals surface area contributed by atoms with Crippen LogP contribution in [0.15, 0.2) is 18.2 Å². The van der Waals surface area contributed by atoms with Gasteiger partial charge in [-0.3, -0.25) is 4.79 Å². The zero-order valence-corrected chi connectivity index (χ0v) is 10.1. The van der Waals surface area contributed by atoms with Gasteiger partial charge in [-0.1, -0.05) is 0 Å². The van der Waals surface area contributed by atoms with E-state index >= 15 is 0 Å². The van der Waals surface area contributed by atoms with Crippen molar-refractivity contribution in [2.24, 2.45) is 0 Å². The predicted molar refractivity (Wildman–Crippen MR) is 62.0 cm³/mol. The highest BCUT2D eigenvalue weighted by atomic mass is 35.5. The van der Waals surface area contributed by atoms with E-state index in [1.807, 2.05) is 0 Å². The van der Waals surface area contributed by atoms with Gasteiger partial charge in [0.05, 0.1) is 12.2 Å². The lowest BCUT2D eigenvalue weighted by molar-refractivity contribution is 0.0526. The molecule has 0 amide bonds. The maximum absolute atomic E-state index is 13.2. The maximum Gasteiger partial charge on any atom is 0.338 e. The minimum absolute atomic E-state index is 0.0322. The monoisotopic (exact) mass is 258 g/mol. The van der Waals surface area contributed by atoms with Crippen LogP contribution in [0.1, 0.15) is 34.1 Å². The summed E-state index contributed by atoms with van der Waals surface area (Å²) in [6.45, 7) is 1.84. The molecule has 3 nitrogen and oxygen atoms in total. The Morgan fingerprint density at radius 2 is 1.94 bits per heavy atom. The van der Waals surface area contributed by atoms with Gasteiger partial charge >= 0.3 is 5.97 Å². The Bertz CT molecular complexity index is 396. The third-order valence-electron chi connectivity index (χ3n) is 2.05. The van der Waals surface area contributed by atoms with Crippen LogP contribution in [-0.4, -0.2) is 24.2 Å². The van der Waals surface area contributed by atoms with Crippen LogP contribution < -0.4 is 0 Å². The zero-order chi connectivity index (χ0) is 12.8. The highest BCUT2D eigenvalue weighted by Gasteiger charge is 2.13. The van der Waals surface area contributed by atoms with Crippen molar-refractivity contribution in [2.75, 3.05) is 12.5 Å². The number of halogens is 2. The second-order valence-corrected chi connectivity index (χ2v) is 3.69. The molecule has 0 aliphatic carbocycles. The molecule has 0 radical (unpaired) electrons. The van der Waals surface area contributed by atoms with Gasteiger partial charge in [-0.05, 0) is 25.1 Å². The second kappa shape index (κ2) is 6.35. The lowest BCUT2D eigenvalue weighted by Gasteiger charge is -2.04. The number of benzene rings is 1. The number of hydrogen-bond donors (Lipinski definition) is 0. The number of hydrogen-bond acceptors (Lipinski definition) is 3. The van der Waals surface area contributed by atoms with Crippen molar-refractivity contribution < 1.29 is 18.7 Å². The van der Waals surface area contributed by atoms with E-state index in [1.165, 1.54) is 6.07 Å². The third-order valence-corrected chi connectivity index (χ3v) is 2.24. The van der Waals surface area contributed by atoms with Crippen LogP contribution in [0.4, 0.5) is 4.39 Å². The average Bonchev–Trinajstić information content (AvgIpc) is 2.29. The fraction of sp³-hybridized carbons (Fsp3) is 0.333. The van der Waals surface area contributed by atoms with Gasteiger partial charge in [0.1, 0.15) is 5.82 Å². The number of alkyl halides is 1. The fourth-order valence-corrected chi connectivity index (χ4v) is 1.48. The van der Waals surface area contributed by atoms with Gasteiger partial charge in [0.15, 0.2) is 5.78 Å². The summed E-state index contributed by atoms with van der Waals surface area (Å²) < 4.78 is 18.0. The van der Waals surface area contributed by atoms with Crippen LogP contribution in [0.3, 0.4) is 0 Å². The number of carbonyl (C=O) groups is 2. The van der Waals surface area contributed by atoms with E-state index in [2.05, 4.69) is 0 Å². The van der Waals surface area contributed by atoms with Gasteiger partial charge in [0.25, 0.3) is 0 Å². The van der Waals surface area contributed by atoms with Gasteiger partial charge in [0, 0.05) is 17.9 Å². The summed E-state index contributed by atoms with van der Waals surface area (Å²) in [5.41, 5.74) is 0.165. The van der Waals surface area contributed by atoms with E-state index in [-0.39, 0.29) is 35.8 Å². The number of rotatable bonds is 5. The van der Waals surface area contributed by atoms with E-state index < -0.39 is 11.8 Å². The number of carbonyl (C=O) groups excluding carboxylic acids is 2. The molecule has 0 aliphatic heterocycles. The van der Waals surface area contributed by atoms with Crippen LogP contribution in [0.5, 0.6) is 0 Å². The van der Waals surface area contributed by atoms with Crippen LogP contribution in [0, 0.1) is 5.82 Å². The molecule has 0 unspecified atom stereocenters. The number of ether oxygens (including phenoxy) is 1. The first-order valence-corrected chi connectivity index (χ1v) is 5.68. The highest BCUT2D eigenvalue weighted by Crippen LogP contribution is 2.13. The van der Waals surface area contributed by atoms with Crippen molar-refractivity contribution in [3.05, 3.63) is 35.1 Å². The lowest BCUT2D eigenvalue weighted by atomic mass is 10.1. The molecule has 0 saturated carbocycles. The smallest absolute Gasteiger partial charge is 0.338 e. The second-order valence-electron chi connectivity index (χ2n) is 3.31. The van der Waals surface area contributed by atoms with E-state index in [1.54, 1.807) is 6.92 Å². The molecule has 0 bridgehead atoms. The number of Topliss-reactive ketones (excluding diaryl/α,β-unsaturated/α-hetero) is 1. The predicted octanol–water partition coefficient (Wildman–Crippen LogP) is 2.81. The van der Waals surface area contributed by atoms with E-state index in [0.717, 1.165) is 12.1 Å². The molecule has 0 atom stereocenters. The first kappa shape index (κ1) is 13.6. The van der Waals surface area contributed by atoms with Crippen molar-refractivity contribution in [2.45, 2.75) is 13.3 Å². The van der Waals surface area contributed by atoms with Crippen molar-refractivity contribution in [1.82, 2.24) is 0 Å². The normalized spacial score (nSPS) is 10.1. The molecule has 5 heteroatoms. The third kappa shape index (κ3) is 3.82. The molecule has 1 aromatic carbocycles. The summed E-state index contributed by atoms with van der Waals surface area (Å²) in [5, 5.41) is 0. The first-order valence-electron chi connectivity index (χ1n) is 5.15. The molecule has 0 aromatic heterocycles. The zero-order valence-electron chi connectivity index (χ0n) is 9.33. The highest BCUT2D eigenvalue weighted by molar-refractivity contribution is 6.19. The minimum atomic E-state index is -0.646. The minimum Gasteiger partial charge on any atom is -0.462 e. The number of esters is 1. The summed E-state index contributed by atoms with van der Waals surface area (Å²) in [7, 11) is 0. The Labute approximate surface area is 104 Å². The summed E-state index contributed by atoms with van der Waals surface area (Å²) in [6.07, 6.45) is 0.104. The van der Waals surface area contributed by atoms with Gasteiger partial charge < -0.3 is 4.74 Å². The summed E-state index contributed by atoms with van der Waals surface area (Å²) >= 11 is 5.43. The Balaban J connectivity index is 3.01. The van der Waals surface area contributed by atoms with Gasteiger partial charge in [0.2, 0.25) is 0 Å². The average molecular weight is 259 g/mol. The molecule has 92 valence electrons. The molecule has 1 rings (SSSR count). The SMILES string of the molecule is CCOC(=O)c1cc(F)cc(C(=O)CCCl)c1. The van der Waals surface area contributed by atoms with E-state index in [4.69, 9.17) is 16.3 Å². The standard InChI is InChI=1S/C12H12ClFO3/c1-2-17-12(16)9-5-8(6-10(14)7-9)11(15)3-4-13/h5-7H,2-4H2,1H3. The molecule has 0 saturated heterocycles. The molecular weight excluding hydrogens is 247 g/mol. The Kier molecular flexibility index (Phi) is 5.10. The molecule has 0 fully saturated rings. The van der Waals surface area contributed by atoms with Crippen molar-refractivity contribution in [1.29, 1.82) is 0 Å². The largest absolute Gasteiger partial charge is 0.462 e. The van der Waals surface area contributed by atoms with Crippen LogP contribution >= 0.6 is 11.6 Å². The summed E-state index contributed by atoms with van der Waals surface area (Å²) in [5.74, 6) is -1.44. The maximum atomic E-state index is 13.2. The van der Waals surface area contributed by atoms with Crippen molar-refractivity contribution >= 4 is 23.4 Å². The van der Waals surface area contributed by atoms with Crippen LogP contribution in [0.2, 0.25) is 0 Å². The van der Waals surface area contributed by atoms with Crippen molar-refractivity contribution in [3.8, 4) is 0 Å². The van der Waals surface area contributed by atoms with Crippen LogP contribution in [-0.2, 0) is 4.74 Å². The van der Waals surface area contributed by atoms with Gasteiger partial charge in [-0.25, -0.2) is 9.18 Å². The molecule has 0 aliphatic rings. The van der Waals surface area contributed by atoms with Crippen LogP contribution in [0.25, 0.3) is 0 Å². The van der Waals surface area contributed by atoms with E-state index in [0.29, 0.717) is 0 Å². The number of ketones is 1. The molecular formula is C12H12ClFO3. The van der Waals surface area contributed by atoms with Gasteiger partial charge in [-0.15, -0.1) is 11.6 Å². The van der Waals surface area contributed by atoms with Gasteiger partial charge in [-0.2, -0.15) is 0 Å². The van der Waals surface area contributed by atoms with Crippen molar-refractivity contribution in [3.63, 3.8) is 0 Å². The molecule has 0 heterocycles. The molecule has 0 spiro atoms. The summed E-state index contributed by atoms with van der Waals surface area (Å²) in [6, 6.07) is 3.43. The quantitative estimate of drug-likeness (QED) is 0.463. The van der Waals surface area contributed by atoms with E-state index in [9.17, 15) is 14.0 Å². The first-order chi connectivity index (χ1) is 8.08. The fourth-order valence-electron chi connectivity index (χ4n) is 1.31. The summed E-state index contributed by atoms with van der Waals surface area (Å²) in [4.78, 5) is 22.9. The molecule has 1 aromatic rings. The molecule has 0 N–H and O–H groups in total. The topological polar surface area (TPSA) is 43.4 Å². The molecule has 17 heavy (non-hydrogen) atoms. The Morgan fingerprint density at radius 3 is 2.53 bits per heavy atom.